The summed E-state index contributed by atoms with van der Waals surface area (Å²) in [5, 5.41) is 0. The Bertz CT molecular complexity index is 595. The number of hydrogen-bond donors (Lipinski definition) is 0. The quantitative estimate of drug-likeness (QED) is 0.529. The van der Waals surface area contributed by atoms with Gasteiger partial charge in [-0.3, -0.25) is 0 Å². The molecule has 0 bridgehead atoms. The van der Waals surface area contributed by atoms with Gasteiger partial charge >= 0.3 is 5.97 Å². The molecule has 2 rings (SSSR count). The molecule has 0 aromatic heterocycles. The molecule has 3 nitrogen and oxygen atoms in total. The maximum absolute atomic E-state index is 11.8. The van der Waals surface area contributed by atoms with Crippen LogP contribution in [0, 0.1) is 18.8 Å². The zero-order valence-corrected chi connectivity index (χ0v) is 11.5. The molecule has 0 atom stereocenters. The Morgan fingerprint density at radius 2 is 1.63 bits per heavy atom. The van der Waals surface area contributed by atoms with Crippen LogP contribution in [0.25, 0.3) is 0 Å². The largest absolute Gasteiger partial charge is 0.456 e. The summed E-state index contributed by atoms with van der Waals surface area (Å²) in [4.78, 5) is 11.8. The van der Waals surface area contributed by atoms with Gasteiger partial charge in [0.1, 0.15) is 11.3 Å². The van der Waals surface area contributed by atoms with E-state index in [2.05, 4.69) is 11.8 Å². The van der Waals surface area contributed by atoms with E-state index in [9.17, 15) is 4.79 Å². The van der Waals surface area contributed by atoms with Gasteiger partial charge < -0.3 is 9.47 Å². The molecule has 0 saturated heterocycles. The summed E-state index contributed by atoms with van der Waals surface area (Å²) in [6.45, 7) is 7.12. The van der Waals surface area contributed by atoms with Gasteiger partial charge in [-0.1, -0.05) is 29.5 Å². The molecule has 1 aromatic carbocycles. The van der Waals surface area contributed by atoms with Crippen LogP contribution < -0.4 is 0 Å². The molecule has 0 fully saturated rings. The number of allylic oxidation sites excluding steroid dienone is 1. The Morgan fingerprint density at radius 1 is 1.00 bits per heavy atom. The monoisotopic (exact) mass is 256 g/mol. The second kappa shape index (κ2) is 4.81. The SMILES string of the molecule is CC1=C(C#Cc2ccc(C)cc2)C(=O)OC(C)(C)O1. The number of benzene rings is 1. The van der Waals surface area contributed by atoms with Crippen molar-refractivity contribution < 1.29 is 14.3 Å². The zero-order valence-electron chi connectivity index (χ0n) is 11.5. The summed E-state index contributed by atoms with van der Waals surface area (Å²) in [6.07, 6.45) is 0. The number of carbonyl (C=O) groups excluding carboxylic acids is 1. The van der Waals surface area contributed by atoms with Crippen molar-refractivity contribution in [2.45, 2.75) is 33.5 Å². The molecule has 1 aliphatic heterocycles. The normalized spacial score (nSPS) is 17.2. The van der Waals surface area contributed by atoms with Crippen LogP contribution in [-0.2, 0) is 14.3 Å². The molecule has 19 heavy (non-hydrogen) atoms. The third-order valence-electron chi connectivity index (χ3n) is 2.68. The minimum Gasteiger partial charge on any atom is -0.456 e. The van der Waals surface area contributed by atoms with E-state index in [4.69, 9.17) is 9.47 Å². The van der Waals surface area contributed by atoms with Gasteiger partial charge in [0.15, 0.2) is 0 Å². The van der Waals surface area contributed by atoms with Gasteiger partial charge in [0.2, 0.25) is 5.79 Å². The lowest BCUT2D eigenvalue weighted by molar-refractivity contribution is -0.206. The third kappa shape index (κ3) is 3.17. The van der Waals surface area contributed by atoms with E-state index >= 15 is 0 Å². The van der Waals surface area contributed by atoms with Crippen molar-refractivity contribution in [2.75, 3.05) is 0 Å². The lowest BCUT2D eigenvalue weighted by Gasteiger charge is -2.30. The van der Waals surface area contributed by atoms with Crippen LogP contribution in [0.2, 0.25) is 0 Å². The average molecular weight is 256 g/mol. The van der Waals surface area contributed by atoms with Gasteiger partial charge in [0.05, 0.1) is 0 Å². The second-order valence-electron chi connectivity index (χ2n) is 4.94. The number of cyclic esters (lactones) is 1. The minimum absolute atomic E-state index is 0.278. The number of carbonyl (C=O) groups is 1. The smallest absolute Gasteiger partial charge is 0.353 e. The predicted molar refractivity (Wildman–Crippen MR) is 72.0 cm³/mol. The maximum Gasteiger partial charge on any atom is 0.353 e. The first-order valence-corrected chi connectivity index (χ1v) is 6.09. The molecule has 0 saturated carbocycles. The van der Waals surface area contributed by atoms with Crippen LogP contribution in [0.15, 0.2) is 35.6 Å². The van der Waals surface area contributed by atoms with Crippen molar-refractivity contribution in [2.24, 2.45) is 0 Å². The molecule has 1 heterocycles. The zero-order chi connectivity index (χ0) is 14.0. The van der Waals surface area contributed by atoms with Crippen LogP contribution in [0.5, 0.6) is 0 Å². The number of ether oxygens (including phenoxy) is 2. The minimum atomic E-state index is -0.920. The summed E-state index contributed by atoms with van der Waals surface area (Å²) in [5.74, 6) is 4.91. The fraction of sp³-hybridized carbons (Fsp3) is 0.312. The third-order valence-corrected chi connectivity index (χ3v) is 2.68. The van der Waals surface area contributed by atoms with Crippen molar-refractivity contribution in [3.63, 3.8) is 0 Å². The van der Waals surface area contributed by atoms with E-state index in [1.165, 1.54) is 5.56 Å². The van der Waals surface area contributed by atoms with Crippen LogP contribution in [-0.4, -0.2) is 11.8 Å². The van der Waals surface area contributed by atoms with Crippen molar-refractivity contribution in [1.82, 2.24) is 0 Å². The number of hydrogen-bond acceptors (Lipinski definition) is 3. The highest BCUT2D eigenvalue weighted by molar-refractivity contribution is 5.94. The van der Waals surface area contributed by atoms with Gasteiger partial charge in [-0.25, -0.2) is 4.79 Å². The van der Waals surface area contributed by atoms with Crippen molar-refractivity contribution in [1.29, 1.82) is 0 Å². The van der Waals surface area contributed by atoms with Gasteiger partial charge in [-0.05, 0) is 26.0 Å². The Labute approximate surface area is 113 Å². The molecule has 3 heteroatoms. The fourth-order valence-corrected chi connectivity index (χ4v) is 1.77. The number of esters is 1. The van der Waals surface area contributed by atoms with E-state index in [1.807, 2.05) is 31.2 Å². The summed E-state index contributed by atoms with van der Waals surface area (Å²) in [7, 11) is 0. The standard InChI is InChI=1S/C16H16O3/c1-11-5-7-13(8-6-11)9-10-14-12(2)18-16(3,4)19-15(14)17/h5-8H,1-4H3. The predicted octanol–water partition coefficient (Wildman–Crippen LogP) is 2.93. The number of aryl methyl sites for hydroxylation is 1. The second-order valence-corrected chi connectivity index (χ2v) is 4.94. The summed E-state index contributed by atoms with van der Waals surface area (Å²) < 4.78 is 10.6. The highest BCUT2D eigenvalue weighted by Gasteiger charge is 2.33. The number of rotatable bonds is 0. The van der Waals surface area contributed by atoms with Gasteiger partial charge in [-0.2, -0.15) is 0 Å². The molecule has 0 spiro atoms. The Balaban J connectivity index is 2.29. The molecule has 0 radical (unpaired) electrons. The van der Waals surface area contributed by atoms with Crippen molar-refractivity contribution in [3.05, 3.63) is 46.7 Å². The van der Waals surface area contributed by atoms with Crippen molar-refractivity contribution >= 4 is 5.97 Å². The molecule has 1 aromatic rings. The lowest BCUT2D eigenvalue weighted by Crippen LogP contribution is -2.36. The molecule has 1 aliphatic rings. The molecule has 0 N–H and O–H groups in total. The van der Waals surface area contributed by atoms with E-state index in [1.54, 1.807) is 20.8 Å². The molecular formula is C16H16O3. The Hall–Kier alpha value is -2.21. The van der Waals surface area contributed by atoms with Gasteiger partial charge in [0, 0.05) is 19.4 Å². The Morgan fingerprint density at radius 3 is 2.21 bits per heavy atom. The molecule has 0 aliphatic carbocycles. The average Bonchev–Trinajstić information content (AvgIpc) is 2.29. The van der Waals surface area contributed by atoms with Crippen LogP contribution in [0.3, 0.4) is 0 Å². The van der Waals surface area contributed by atoms with Crippen LogP contribution in [0.4, 0.5) is 0 Å². The lowest BCUT2D eigenvalue weighted by atomic mass is 10.1. The fourth-order valence-electron chi connectivity index (χ4n) is 1.77. The summed E-state index contributed by atoms with van der Waals surface area (Å²) >= 11 is 0. The molecular weight excluding hydrogens is 240 g/mol. The van der Waals surface area contributed by atoms with E-state index in [-0.39, 0.29) is 5.57 Å². The van der Waals surface area contributed by atoms with Crippen molar-refractivity contribution in [3.8, 4) is 11.8 Å². The first-order valence-electron chi connectivity index (χ1n) is 6.09. The van der Waals surface area contributed by atoms with Gasteiger partial charge in [0.25, 0.3) is 0 Å². The van der Waals surface area contributed by atoms with Gasteiger partial charge in [-0.15, -0.1) is 0 Å². The summed E-state index contributed by atoms with van der Waals surface area (Å²) in [5.41, 5.74) is 2.30. The molecule has 0 amide bonds. The highest BCUT2D eigenvalue weighted by atomic mass is 16.7. The van der Waals surface area contributed by atoms with E-state index in [0.717, 1.165) is 5.56 Å². The highest BCUT2D eigenvalue weighted by Crippen LogP contribution is 2.25. The van der Waals surface area contributed by atoms with Crippen LogP contribution >= 0.6 is 0 Å². The van der Waals surface area contributed by atoms with Crippen LogP contribution in [0.1, 0.15) is 31.9 Å². The topological polar surface area (TPSA) is 35.5 Å². The first kappa shape index (κ1) is 13.2. The summed E-state index contributed by atoms with van der Waals surface area (Å²) in [6, 6.07) is 7.78. The Kier molecular flexibility index (Phi) is 3.35. The molecule has 98 valence electrons. The maximum atomic E-state index is 11.8. The van der Waals surface area contributed by atoms with E-state index < -0.39 is 11.8 Å². The molecule has 0 unspecified atom stereocenters. The van der Waals surface area contributed by atoms with E-state index in [0.29, 0.717) is 5.76 Å². The first-order chi connectivity index (χ1) is 8.87.